The molecule has 0 aromatic rings. The van der Waals surface area contributed by atoms with Crippen LogP contribution in [-0.4, -0.2) is 96.7 Å². The topological polar surface area (TPSA) is 237 Å². The summed E-state index contributed by atoms with van der Waals surface area (Å²) in [5.74, 6) is -0.544. The quantitative estimate of drug-likeness (QED) is 0.0222. The molecule has 0 bridgehead atoms. The first-order valence-electron chi connectivity index (χ1n) is 33.5. The van der Waals surface area contributed by atoms with Gasteiger partial charge in [-0.2, -0.15) is 0 Å². The molecular formula is C64H124O17P2. The van der Waals surface area contributed by atoms with Crippen molar-refractivity contribution < 1.29 is 80.2 Å². The monoisotopic (exact) mass is 1230 g/mol. The van der Waals surface area contributed by atoms with Gasteiger partial charge in [0.15, 0.2) is 12.2 Å². The fourth-order valence-electron chi connectivity index (χ4n) is 9.50. The molecule has 0 fully saturated rings. The summed E-state index contributed by atoms with van der Waals surface area (Å²) < 4.78 is 67.7. The lowest BCUT2D eigenvalue weighted by molar-refractivity contribution is -0.161. The van der Waals surface area contributed by atoms with Crippen molar-refractivity contribution in [3.05, 3.63) is 0 Å². The highest BCUT2D eigenvalue weighted by molar-refractivity contribution is 7.47. The van der Waals surface area contributed by atoms with E-state index in [-0.39, 0.29) is 25.7 Å². The summed E-state index contributed by atoms with van der Waals surface area (Å²) in [7, 11) is -9.87. The third-order valence-corrected chi connectivity index (χ3v) is 17.0. The average Bonchev–Trinajstić information content (AvgIpc) is 3.46. The van der Waals surface area contributed by atoms with Crippen molar-refractivity contribution in [2.24, 2.45) is 11.8 Å². The Labute approximate surface area is 505 Å². The van der Waals surface area contributed by atoms with Crippen LogP contribution in [0.25, 0.3) is 0 Å². The lowest BCUT2D eigenvalue weighted by Gasteiger charge is -2.21. The summed E-state index contributed by atoms with van der Waals surface area (Å²) >= 11 is 0. The number of rotatable bonds is 63. The number of carbonyl (C=O) groups is 4. The maximum Gasteiger partial charge on any atom is 0.472 e. The summed E-state index contributed by atoms with van der Waals surface area (Å²) in [6.45, 7) is 9.42. The van der Waals surface area contributed by atoms with Crippen molar-refractivity contribution in [1.82, 2.24) is 0 Å². The van der Waals surface area contributed by atoms with Gasteiger partial charge in [0.1, 0.15) is 19.3 Å². The maximum absolute atomic E-state index is 13.0. The van der Waals surface area contributed by atoms with Gasteiger partial charge in [0.25, 0.3) is 0 Å². The molecule has 17 nitrogen and oxygen atoms in total. The van der Waals surface area contributed by atoms with E-state index in [9.17, 15) is 43.2 Å². The average molecular weight is 1230 g/mol. The molecule has 0 aromatic heterocycles. The first-order chi connectivity index (χ1) is 39.9. The molecule has 0 saturated carbocycles. The van der Waals surface area contributed by atoms with Crippen LogP contribution in [0.15, 0.2) is 0 Å². The van der Waals surface area contributed by atoms with E-state index in [1.165, 1.54) is 116 Å². The van der Waals surface area contributed by atoms with Crippen LogP contribution in [0.5, 0.6) is 0 Å². The van der Waals surface area contributed by atoms with E-state index in [1.54, 1.807) is 0 Å². The third-order valence-electron chi connectivity index (χ3n) is 15.1. The SMILES string of the molecule is CCCCCCCCCC(=O)O[C@H](COC(=O)CCCCCCC)COP(=O)(O)OC[C@H](O)COP(=O)(O)OC[C@@H](COC(=O)CCCCCCCCCCCCC(C)CC)OC(=O)CCCCCCCCCCCCCCCCC(C)C. The van der Waals surface area contributed by atoms with Crippen LogP contribution in [0.4, 0.5) is 0 Å². The standard InChI is InChI=1S/C64H124O17P2/c1-7-10-12-14-27-36-42-48-63(68)80-59(52-74-61(66)46-40-32-13-11-8-2)54-78-82(70,71)76-50-58(65)51-77-83(72,73)79-55-60(53-75-62(67)47-41-35-30-25-22-21-24-29-34-39-45-57(6)9-3)81-64(69)49-43-37-31-26-20-18-16-15-17-19-23-28-33-38-44-56(4)5/h56-60,65H,7-55H2,1-6H3,(H,70,71)(H,72,73)/t57?,58-,59+,60+/m0/s1. The fourth-order valence-corrected chi connectivity index (χ4v) is 11.1. The molecule has 0 spiro atoms. The van der Waals surface area contributed by atoms with Crippen molar-refractivity contribution in [1.29, 1.82) is 0 Å². The maximum atomic E-state index is 13.0. The van der Waals surface area contributed by atoms with Gasteiger partial charge in [0.2, 0.25) is 0 Å². The molecule has 0 aromatic carbocycles. The van der Waals surface area contributed by atoms with Gasteiger partial charge in [-0.1, -0.05) is 266 Å². The number of aliphatic hydroxyl groups is 1. The Kier molecular flexibility index (Phi) is 55.2. The molecule has 0 aliphatic heterocycles. The highest BCUT2D eigenvalue weighted by Crippen LogP contribution is 2.45. The summed E-state index contributed by atoms with van der Waals surface area (Å²) in [6.07, 6.45) is 39.4. The largest absolute Gasteiger partial charge is 0.472 e. The van der Waals surface area contributed by atoms with Gasteiger partial charge in [-0.25, -0.2) is 9.13 Å². The van der Waals surface area contributed by atoms with E-state index in [0.29, 0.717) is 25.7 Å². The minimum Gasteiger partial charge on any atom is -0.462 e. The zero-order valence-corrected chi connectivity index (χ0v) is 55.3. The summed E-state index contributed by atoms with van der Waals surface area (Å²) in [5, 5.41) is 10.5. The van der Waals surface area contributed by atoms with E-state index >= 15 is 0 Å². The lowest BCUT2D eigenvalue weighted by Crippen LogP contribution is -2.30. The molecule has 0 radical (unpaired) electrons. The van der Waals surface area contributed by atoms with Crippen LogP contribution in [0.1, 0.15) is 318 Å². The summed E-state index contributed by atoms with van der Waals surface area (Å²) in [4.78, 5) is 71.8. The molecule has 6 atom stereocenters. The Balaban J connectivity index is 5.14. The van der Waals surface area contributed by atoms with Crippen molar-refractivity contribution in [3.63, 3.8) is 0 Å². The van der Waals surface area contributed by atoms with Crippen LogP contribution in [0.3, 0.4) is 0 Å². The predicted molar refractivity (Wildman–Crippen MR) is 331 cm³/mol. The molecule has 83 heavy (non-hydrogen) atoms. The Morgan fingerprint density at radius 1 is 0.349 bits per heavy atom. The Morgan fingerprint density at radius 2 is 0.614 bits per heavy atom. The predicted octanol–water partition coefficient (Wildman–Crippen LogP) is 17.7. The van der Waals surface area contributed by atoms with Gasteiger partial charge < -0.3 is 33.8 Å². The number of carbonyl (C=O) groups excluding carboxylic acids is 4. The van der Waals surface area contributed by atoms with E-state index < -0.39 is 97.5 Å². The van der Waals surface area contributed by atoms with Crippen molar-refractivity contribution in [2.75, 3.05) is 39.6 Å². The number of ether oxygens (including phenoxy) is 4. The first kappa shape index (κ1) is 81.1. The molecule has 0 saturated heterocycles. The molecule has 3 unspecified atom stereocenters. The molecule has 0 aliphatic carbocycles. The first-order valence-corrected chi connectivity index (χ1v) is 36.5. The number of unbranched alkanes of at least 4 members (excludes halogenated alkanes) is 32. The van der Waals surface area contributed by atoms with Crippen LogP contribution >= 0.6 is 15.6 Å². The Hall–Kier alpha value is -1.94. The smallest absolute Gasteiger partial charge is 0.462 e. The minimum atomic E-state index is -4.94. The van der Waals surface area contributed by atoms with Crippen LogP contribution in [-0.2, 0) is 65.4 Å². The highest BCUT2D eigenvalue weighted by atomic mass is 31.2. The van der Waals surface area contributed by atoms with Crippen molar-refractivity contribution in [2.45, 2.75) is 336 Å². The number of phosphoric ester groups is 2. The minimum absolute atomic E-state index is 0.103. The van der Waals surface area contributed by atoms with Crippen LogP contribution < -0.4 is 0 Å². The van der Waals surface area contributed by atoms with Crippen molar-refractivity contribution >= 4 is 39.5 Å². The molecule has 0 heterocycles. The van der Waals surface area contributed by atoms with Crippen LogP contribution in [0, 0.1) is 11.8 Å². The zero-order chi connectivity index (χ0) is 61.5. The van der Waals surface area contributed by atoms with Gasteiger partial charge in [-0.15, -0.1) is 0 Å². The Morgan fingerprint density at radius 3 is 0.916 bits per heavy atom. The highest BCUT2D eigenvalue weighted by Gasteiger charge is 2.30. The zero-order valence-electron chi connectivity index (χ0n) is 53.5. The third kappa shape index (κ3) is 57.6. The van der Waals surface area contributed by atoms with E-state index in [4.69, 9.17) is 37.0 Å². The van der Waals surface area contributed by atoms with Crippen molar-refractivity contribution in [3.8, 4) is 0 Å². The molecule has 3 N–H and O–H groups in total. The molecule has 0 amide bonds. The van der Waals surface area contributed by atoms with Gasteiger partial charge in [-0.05, 0) is 37.5 Å². The van der Waals surface area contributed by atoms with Gasteiger partial charge in [0.05, 0.1) is 26.4 Å². The number of phosphoric acid groups is 2. The molecule has 492 valence electrons. The number of hydrogen-bond acceptors (Lipinski definition) is 15. The number of aliphatic hydroxyl groups excluding tert-OH is 1. The fraction of sp³-hybridized carbons (Fsp3) is 0.938. The van der Waals surface area contributed by atoms with E-state index in [1.807, 2.05) is 0 Å². The summed E-state index contributed by atoms with van der Waals surface area (Å²) in [5.41, 5.74) is 0. The van der Waals surface area contributed by atoms with E-state index in [0.717, 1.165) is 121 Å². The van der Waals surface area contributed by atoms with Gasteiger partial charge >= 0.3 is 39.5 Å². The normalized spacial score (nSPS) is 14.6. The molecular weight excluding hydrogens is 1100 g/mol. The van der Waals surface area contributed by atoms with Gasteiger partial charge in [0, 0.05) is 25.7 Å². The lowest BCUT2D eigenvalue weighted by atomic mass is 9.99. The molecule has 0 aliphatic rings. The molecule has 0 rings (SSSR count). The number of hydrogen-bond donors (Lipinski definition) is 3. The second-order valence-electron chi connectivity index (χ2n) is 23.9. The summed E-state index contributed by atoms with van der Waals surface area (Å²) in [6, 6.07) is 0. The Bertz CT molecular complexity index is 1630. The van der Waals surface area contributed by atoms with Crippen LogP contribution in [0.2, 0.25) is 0 Å². The second-order valence-corrected chi connectivity index (χ2v) is 26.8. The second kappa shape index (κ2) is 56.6. The van der Waals surface area contributed by atoms with E-state index in [2.05, 4.69) is 41.5 Å². The molecule has 19 heteroatoms. The number of esters is 4. The van der Waals surface area contributed by atoms with Gasteiger partial charge in [-0.3, -0.25) is 37.3 Å².